The average molecular weight is 623 g/mol. The predicted molar refractivity (Wildman–Crippen MR) is 166 cm³/mol. The Balaban J connectivity index is 0.00000461. The fourth-order valence-electron chi connectivity index (χ4n) is 5.73. The monoisotopic (exact) mass is 622 g/mol. The summed E-state index contributed by atoms with van der Waals surface area (Å²) in [6.07, 6.45) is 7.50. The van der Waals surface area contributed by atoms with Crippen LogP contribution in [0.25, 0.3) is 21.8 Å². The molecule has 1 aliphatic rings. The molecule has 0 spiro atoms. The number of nitrogens with zero attached hydrogens (tertiary/aromatic N) is 1. The minimum atomic E-state index is -1.44. The van der Waals surface area contributed by atoms with E-state index in [-0.39, 0.29) is 48.4 Å². The van der Waals surface area contributed by atoms with Gasteiger partial charge in [-0.15, -0.1) is 0 Å². The van der Waals surface area contributed by atoms with Crippen LogP contribution in [0.1, 0.15) is 50.7 Å². The molecule has 0 unspecified atom stereocenters. The second kappa shape index (κ2) is 15.0. The Morgan fingerprint density at radius 1 is 0.800 bits per heavy atom. The number of rotatable bonds is 10. The zero-order valence-corrected chi connectivity index (χ0v) is 28.1. The number of nitrogens with one attached hydrogen (secondary N) is 5. The number of amides is 4. The van der Waals surface area contributed by atoms with Crippen LogP contribution in [0.2, 0.25) is 0 Å². The van der Waals surface area contributed by atoms with E-state index in [4.69, 9.17) is 0 Å². The number of para-hydroxylation sites is 2. The summed E-state index contributed by atoms with van der Waals surface area (Å²) in [4.78, 5) is 60.6. The smallest absolute Gasteiger partial charge is 0.548 e. The van der Waals surface area contributed by atoms with Crippen LogP contribution in [-0.4, -0.2) is 69.4 Å². The molecule has 45 heavy (non-hydrogen) atoms. The maximum Gasteiger partial charge on any atom is 1.00 e. The maximum atomic E-state index is 13.8. The third kappa shape index (κ3) is 8.27. The van der Waals surface area contributed by atoms with Gasteiger partial charge in [-0.1, -0.05) is 49.2 Å². The molecule has 0 aliphatic carbocycles. The molecule has 2 atom stereocenters. The van der Waals surface area contributed by atoms with Gasteiger partial charge in [-0.05, 0) is 49.9 Å². The van der Waals surface area contributed by atoms with E-state index >= 15 is 0 Å². The molecule has 0 saturated carbocycles. The fraction of sp³-hybridized carbons (Fsp3) is 0.394. The number of carbonyl (C=O) groups excluding carboxylic acids is 4. The van der Waals surface area contributed by atoms with Crippen molar-refractivity contribution < 1.29 is 53.8 Å². The first-order chi connectivity index (χ1) is 21.1. The molecule has 2 aromatic carbocycles. The molecule has 1 saturated heterocycles. The Hall–Kier alpha value is -3.80. The maximum absolute atomic E-state index is 13.8. The normalized spacial score (nSPS) is 15.0. The van der Waals surface area contributed by atoms with Gasteiger partial charge in [0.15, 0.2) is 0 Å². The van der Waals surface area contributed by atoms with Crippen LogP contribution in [-0.2, 0) is 27.2 Å². The van der Waals surface area contributed by atoms with Crippen LogP contribution < -0.4 is 50.6 Å². The van der Waals surface area contributed by atoms with Gasteiger partial charge in [0.05, 0.1) is 12.0 Å². The molecule has 1 aliphatic heterocycles. The number of aromatic nitrogens is 2. The van der Waals surface area contributed by atoms with Crippen molar-refractivity contribution in [2.75, 3.05) is 13.1 Å². The van der Waals surface area contributed by atoms with E-state index in [2.05, 4.69) is 25.9 Å². The molecule has 12 heteroatoms. The van der Waals surface area contributed by atoms with E-state index in [9.17, 15) is 24.3 Å². The number of likely N-dealkylation sites (tertiary alicyclic amines) is 1. The molecule has 0 radical (unpaired) electrons. The van der Waals surface area contributed by atoms with Crippen LogP contribution in [0, 0.1) is 0 Å². The van der Waals surface area contributed by atoms with Crippen molar-refractivity contribution in [2.45, 2.75) is 70.0 Å². The van der Waals surface area contributed by atoms with E-state index in [1.807, 2.05) is 48.5 Å². The van der Waals surface area contributed by atoms with Crippen molar-refractivity contribution >= 4 is 45.6 Å². The van der Waals surface area contributed by atoms with Gasteiger partial charge in [-0.3, -0.25) is 9.59 Å². The molecule has 1 fully saturated rings. The van der Waals surface area contributed by atoms with Crippen LogP contribution in [0.4, 0.5) is 4.79 Å². The molecular formula is C33H39N6NaO5. The first kappa shape index (κ1) is 34.1. The molecule has 4 aromatic rings. The summed E-state index contributed by atoms with van der Waals surface area (Å²) in [6.45, 7) is 4.41. The summed E-state index contributed by atoms with van der Waals surface area (Å²) in [5.41, 5.74) is 1.85. The topological polar surface area (TPSA) is 162 Å². The Morgan fingerprint density at radius 2 is 1.31 bits per heavy atom. The summed E-state index contributed by atoms with van der Waals surface area (Å²) in [5, 5.41) is 22.2. The van der Waals surface area contributed by atoms with Gasteiger partial charge in [0.2, 0.25) is 11.8 Å². The molecule has 2 aromatic heterocycles. The number of fused-ring (bicyclic) bond motifs is 2. The van der Waals surface area contributed by atoms with E-state index in [1.165, 1.54) is 0 Å². The number of carbonyl (C=O) groups is 4. The SMILES string of the molecule is CC(C)(NC(=O)N1CCCCCC1)C(=O)N[C@H](Cc1c[nH]c2ccccc12)C(=O)N[C@H](Cc1c[nH]c2ccccc12)C(=O)[O-].[Na+]. The average Bonchev–Trinajstić information content (AvgIpc) is 3.48. The molecule has 3 heterocycles. The van der Waals surface area contributed by atoms with Gasteiger partial charge >= 0.3 is 35.6 Å². The van der Waals surface area contributed by atoms with Crippen LogP contribution in [0.3, 0.4) is 0 Å². The summed E-state index contributed by atoms with van der Waals surface area (Å²) in [6, 6.07) is 12.2. The van der Waals surface area contributed by atoms with Crippen molar-refractivity contribution in [1.29, 1.82) is 0 Å². The summed E-state index contributed by atoms with van der Waals surface area (Å²) in [5.74, 6) is -2.68. The van der Waals surface area contributed by atoms with E-state index in [0.717, 1.165) is 53.1 Å². The van der Waals surface area contributed by atoms with Gasteiger partial charge in [-0.2, -0.15) is 0 Å². The Bertz CT molecular complexity index is 1660. The molecule has 11 nitrogen and oxygen atoms in total. The fourth-order valence-corrected chi connectivity index (χ4v) is 5.73. The number of carboxylic acids is 1. The number of aromatic amines is 2. The standard InChI is InChI=1S/C33H40N6O5.Na/c1-33(2,38-32(44)39-15-9-3-4-10-16-39)31(43)37-27(17-21-19-34-25-13-7-5-11-23(21)25)29(40)36-28(30(41)42)18-22-20-35-26-14-8-6-12-24(22)26;/h5-8,11-14,19-20,27-28,34-35H,3-4,9-10,15-18H2,1-2H3,(H,36,40)(H,37,43)(H,38,44)(H,41,42);/q;+1/p-1/t27-,28-;/m1./s1. The third-order valence-corrected chi connectivity index (χ3v) is 8.30. The van der Waals surface area contributed by atoms with Crippen molar-refractivity contribution in [3.8, 4) is 0 Å². The first-order valence-electron chi connectivity index (χ1n) is 15.1. The van der Waals surface area contributed by atoms with Gasteiger partial charge in [0.25, 0.3) is 0 Å². The number of urea groups is 1. The summed E-state index contributed by atoms with van der Waals surface area (Å²) < 4.78 is 0. The zero-order chi connectivity index (χ0) is 31.3. The van der Waals surface area contributed by atoms with Crippen molar-refractivity contribution in [3.63, 3.8) is 0 Å². The zero-order valence-electron chi connectivity index (χ0n) is 26.1. The molecule has 5 rings (SSSR count). The van der Waals surface area contributed by atoms with E-state index < -0.39 is 35.4 Å². The van der Waals surface area contributed by atoms with E-state index in [0.29, 0.717) is 18.7 Å². The van der Waals surface area contributed by atoms with Gasteiger partial charge in [0.1, 0.15) is 11.6 Å². The second-order valence-electron chi connectivity index (χ2n) is 12.0. The quantitative estimate of drug-likeness (QED) is 0.151. The number of benzene rings is 2. The minimum Gasteiger partial charge on any atom is -0.548 e. The largest absolute Gasteiger partial charge is 1.00 e. The molecule has 0 bridgehead atoms. The van der Waals surface area contributed by atoms with Gasteiger partial charge < -0.3 is 40.7 Å². The molecular weight excluding hydrogens is 583 g/mol. The Morgan fingerprint density at radius 3 is 1.84 bits per heavy atom. The Labute approximate surface area is 284 Å². The first-order valence-corrected chi connectivity index (χ1v) is 15.1. The van der Waals surface area contributed by atoms with Crippen molar-refractivity contribution in [2.24, 2.45) is 0 Å². The molecule has 232 valence electrons. The summed E-state index contributed by atoms with van der Waals surface area (Å²) >= 11 is 0. The number of hydrogen-bond donors (Lipinski definition) is 5. The Kier molecular flexibility index (Phi) is 11.4. The van der Waals surface area contributed by atoms with Crippen molar-refractivity contribution in [3.05, 3.63) is 72.1 Å². The second-order valence-corrected chi connectivity index (χ2v) is 12.0. The minimum absolute atomic E-state index is 0. The van der Waals surface area contributed by atoms with E-state index in [1.54, 1.807) is 31.1 Å². The van der Waals surface area contributed by atoms with Gasteiger partial charge in [0, 0.05) is 60.1 Å². The summed E-state index contributed by atoms with van der Waals surface area (Å²) in [7, 11) is 0. The van der Waals surface area contributed by atoms with Crippen LogP contribution in [0.15, 0.2) is 60.9 Å². The van der Waals surface area contributed by atoms with Crippen LogP contribution in [0.5, 0.6) is 0 Å². The predicted octanol–water partition coefficient (Wildman–Crippen LogP) is -0.478. The number of H-pyrrole nitrogens is 2. The van der Waals surface area contributed by atoms with Crippen LogP contribution >= 0.6 is 0 Å². The van der Waals surface area contributed by atoms with Gasteiger partial charge in [-0.25, -0.2) is 4.79 Å². The number of aliphatic carboxylic acids is 1. The number of hydrogen-bond acceptors (Lipinski definition) is 5. The molecule has 5 N–H and O–H groups in total. The molecule has 4 amide bonds. The van der Waals surface area contributed by atoms with Crippen molar-refractivity contribution in [1.82, 2.24) is 30.8 Å². The number of carboxylic acid groups (broad SMARTS) is 1. The third-order valence-electron chi connectivity index (χ3n) is 8.30.